The number of amides is 1. The number of rotatable bonds is 8. The van der Waals surface area contributed by atoms with Crippen molar-refractivity contribution in [3.05, 3.63) is 58.3 Å². The predicted molar refractivity (Wildman–Crippen MR) is 89.7 cm³/mol. The van der Waals surface area contributed by atoms with Gasteiger partial charge in [0, 0.05) is 19.4 Å². The van der Waals surface area contributed by atoms with Crippen molar-refractivity contribution in [3.8, 4) is 0 Å². The van der Waals surface area contributed by atoms with E-state index >= 15 is 0 Å². The summed E-state index contributed by atoms with van der Waals surface area (Å²) in [5.41, 5.74) is 2.35. The Balaban J connectivity index is 1.67. The third-order valence-corrected chi connectivity index (χ3v) is 4.73. The topological polar surface area (TPSA) is 38.3 Å². The summed E-state index contributed by atoms with van der Waals surface area (Å²) in [5.74, 6) is 1.37. The van der Waals surface area contributed by atoms with Crippen LogP contribution in [0.25, 0.3) is 0 Å². The molecule has 1 aromatic carbocycles. The second-order valence-electron chi connectivity index (χ2n) is 4.56. The van der Waals surface area contributed by atoms with Gasteiger partial charge in [0.05, 0.1) is 5.75 Å². The van der Waals surface area contributed by atoms with E-state index in [0.29, 0.717) is 12.3 Å². The summed E-state index contributed by atoms with van der Waals surface area (Å²) in [7, 11) is 1.67. The molecule has 2 rings (SSSR count). The average Bonchev–Trinajstić information content (AvgIpc) is 3.03. The van der Waals surface area contributed by atoms with E-state index < -0.39 is 0 Å². The van der Waals surface area contributed by atoms with Crippen molar-refractivity contribution in [1.29, 1.82) is 0 Å². The normalized spacial score (nSPS) is 12.0. The smallest absolute Gasteiger partial charge is 0.230 e. The first-order valence-corrected chi connectivity index (χ1v) is 8.82. The number of carbonyl (C=O) groups is 1. The number of benzene rings is 1. The van der Waals surface area contributed by atoms with Crippen LogP contribution in [-0.4, -0.2) is 25.3 Å². The standard InChI is InChI=1S/C16H19NO2S2/c1-19-15(14-7-8-20-11-14)9-17-16(18)12-21-10-13-5-3-2-4-6-13/h2-8,11,15H,9-10,12H2,1H3,(H,17,18). The Bertz CT molecular complexity index is 528. The molecule has 21 heavy (non-hydrogen) atoms. The fraction of sp³-hybridized carbons (Fsp3) is 0.312. The van der Waals surface area contributed by atoms with Crippen molar-refractivity contribution in [2.75, 3.05) is 19.4 Å². The molecule has 5 heteroatoms. The molecule has 0 radical (unpaired) electrons. The third kappa shape index (κ3) is 5.53. The highest BCUT2D eigenvalue weighted by Gasteiger charge is 2.12. The van der Waals surface area contributed by atoms with Gasteiger partial charge in [-0.05, 0) is 28.0 Å². The summed E-state index contributed by atoms with van der Waals surface area (Å²) in [6.07, 6.45) is -0.0701. The number of carbonyl (C=O) groups excluding carboxylic acids is 1. The van der Waals surface area contributed by atoms with Crippen LogP contribution >= 0.6 is 23.1 Å². The van der Waals surface area contributed by atoms with Crippen molar-refractivity contribution in [3.63, 3.8) is 0 Å². The van der Waals surface area contributed by atoms with Gasteiger partial charge in [0.25, 0.3) is 0 Å². The Morgan fingerprint density at radius 2 is 2.14 bits per heavy atom. The first kappa shape index (κ1) is 16.1. The van der Waals surface area contributed by atoms with Gasteiger partial charge in [-0.2, -0.15) is 11.3 Å². The van der Waals surface area contributed by atoms with Gasteiger partial charge >= 0.3 is 0 Å². The fourth-order valence-electron chi connectivity index (χ4n) is 1.89. The zero-order valence-electron chi connectivity index (χ0n) is 12.0. The highest BCUT2D eigenvalue weighted by atomic mass is 32.2. The van der Waals surface area contributed by atoms with Gasteiger partial charge in [-0.15, -0.1) is 11.8 Å². The number of nitrogens with one attached hydrogen (secondary N) is 1. The molecular weight excluding hydrogens is 302 g/mol. The minimum atomic E-state index is -0.0701. The first-order valence-electron chi connectivity index (χ1n) is 6.73. The molecule has 0 aliphatic heterocycles. The third-order valence-electron chi connectivity index (χ3n) is 3.03. The molecule has 0 fully saturated rings. The molecule has 2 aromatic rings. The number of thiophene rings is 1. The SMILES string of the molecule is COC(CNC(=O)CSCc1ccccc1)c1ccsc1. The summed E-state index contributed by atoms with van der Waals surface area (Å²) in [6, 6.07) is 12.2. The highest BCUT2D eigenvalue weighted by Crippen LogP contribution is 2.18. The molecule has 0 aliphatic rings. The number of thioether (sulfide) groups is 1. The van der Waals surface area contributed by atoms with Crippen LogP contribution in [0.5, 0.6) is 0 Å². The van der Waals surface area contributed by atoms with Crippen LogP contribution in [0.2, 0.25) is 0 Å². The maximum atomic E-state index is 11.8. The summed E-state index contributed by atoms with van der Waals surface area (Å²) >= 11 is 3.25. The van der Waals surface area contributed by atoms with Crippen LogP contribution < -0.4 is 5.32 Å². The summed E-state index contributed by atoms with van der Waals surface area (Å²) < 4.78 is 5.40. The predicted octanol–water partition coefficient (Wildman–Crippen LogP) is 3.49. The number of hydrogen-bond donors (Lipinski definition) is 1. The van der Waals surface area contributed by atoms with Gasteiger partial charge in [0.1, 0.15) is 6.10 Å². The molecule has 112 valence electrons. The van der Waals surface area contributed by atoms with Gasteiger partial charge in [-0.3, -0.25) is 4.79 Å². The Morgan fingerprint density at radius 1 is 1.33 bits per heavy atom. The van der Waals surface area contributed by atoms with Gasteiger partial charge in [-0.1, -0.05) is 30.3 Å². The second-order valence-corrected chi connectivity index (χ2v) is 6.33. The monoisotopic (exact) mass is 321 g/mol. The van der Waals surface area contributed by atoms with E-state index in [2.05, 4.69) is 17.4 Å². The Kier molecular flexibility index (Phi) is 6.79. The molecule has 1 unspecified atom stereocenters. The summed E-state index contributed by atoms with van der Waals surface area (Å²) in [5, 5.41) is 6.99. The van der Waals surface area contributed by atoms with Crippen molar-refractivity contribution in [1.82, 2.24) is 5.32 Å². The van der Waals surface area contributed by atoms with Gasteiger partial charge in [0.15, 0.2) is 0 Å². The van der Waals surface area contributed by atoms with E-state index in [1.807, 2.05) is 35.0 Å². The molecule has 1 aromatic heterocycles. The van der Waals surface area contributed by atoms with Crippen LogP contribution in [0.3, 0.4) is 0 Å². The maximum Gasteiger partial charge on any atom is 0.230 e. The van der Waals surface area contributed by atoms with Crippen LogP contribution in [0, 0.1) is 0 Å². The molecule has 0 saturated heterocycles. The summed E-state index contributed by atoms with van der Waals surface area (Å²) in [4.78, 5) is 11.8. The minimum Gasteiger partial charge on any atom is -0.375 e. The van der Waals surface area contributed by atoms with E-state index in [1.165, 1.54) is 5.56 Å². The number of hydrogen-bond acceptors (Lipinski definition) is 4. The van der Waals surface area contributed by atoms with Crippen molar-refractivity contribution < 1.29 is 9.53 Å². The molecular formula is C16H19NO2S2. The molecule has 1 atom stereocenters. The van der Waals surface area contributed by atoms with E-state index in [9.17, 15) is 4.79 Å². The van der Waals surface area contributed by atoms with Crippen LogP contribution in [0.1, 0.15) is 17.2 Å². The first-order chi connectivity index (χ1) is 10.3. The lowest BCUT2D eigenvalue weighted by Gasteiger charge is -2.14. The van der Waals surface area contributed by atoms with Crippen LogP contribution in [0.15, 0.2) is 47.2 Å². The molecule has 1 heterocycles. The van der Waals surface area contributed by atoms with Crippen molar-refractivity contribution in [2.24, 2.45) is 0 Å². The lowest BCUT2D eigenvalue weighted by atomic mass is 10.2. The van der Waals surface area contributed by atoms with E-state index in [-0.39, 0.29) is 12.0 Å². The van der Waals surface area contributed by atoms with Gasteiger partial charge in [-0.25, -0.2) is 0 Å². The Morgan fingerprint density at radius 3 is 2.81 bits per heavy atom. The van der Waals surface area contributed by atoms with Gasteiger partial charge < -0.3 is 10.1 Å². The lowest BCUT2D eigenvalue weighted by molar-refractivity contribution is -0.119. The highest BCUT2D eigenvalue weighted by molar-refractivity contribution is 7.99. The van der Waals surface area contributed by atoms with Crippen LogP contribution in [0.4, 0.5) is 0 Å². The van der Waals surface area contributed by atoms with E-state index in [0.717, 1.165) is 11.3 Å². The quantitative estimate of drug-likeness (QED) is 0.809. The zero-order chi connectivity index (χ0) is 14.9. The minimum absolute atomic E-state index is 0.0493. The summed E-state index contributed by atoms with van der Waals surface area (Å²) in [6.45, 7) is 0.512. The lowest BCUT2D eigenvalue weighted by Crippen LogP contribution is -2.30. The van der Waals surface area contributed by atoms with Gasteiger partial charge in [0.2, 0.25) is 5.91 Å². The number of methoxy groups -OCH3 is 1. The van der Waals surface area contributed by atoms with Crippen LogP contribution in [-0.2, 0) is 15.3 Å². The zero-order valence-corrected chi connectivity index (χ0v) is 13.6. The van der Waals surface area contributed by atoms with E-state index in [1.54, 1.807) is 30.2 Å². The second kappa shape index (κ2) is 8.87. The molecule has 0 saturated carbocycles. The average molecular weight is 321 g/mol. The molecule has 3 nitrogen and oxygen atoms in total. The largest absolute Gasteiger partial charge is 0.375 e. The number of ether oxygens (including phenoxy) is 1. The molecule has 0 bridgehead atoms. The molecule has 0 aliphatic carbocycles. The van der Waals surface area contributed by atoms with E-state index in [4.69, 9.17) is 4.74 Å². The Labute approximate surface area is 133 Å². The van der Waals surface area contributed by atoms with Crippen molar-refractivity contribution in [2.45, 2.75) is 11.9 Å². The molecule has 0 spiro atoms. The maximum absolute atomic E-state index is 11.8. The van der Waals surface area contributed by atoms with Crippen molar-refractivity contribution >= 4 is 29.0 Å². The molecule has 1 N–H and O–H groups in total. The fourth-order valence-corrected chi connectivity index (χ4v) is 3.41. The molecule has 1 amide bonds. The Hall–Kier alpha value is -1.30.